The summed E-state index contributed by atoms with van der Waals surface area (Å²) in [5, 5.41) is 0. The van der Waals surface area contributed by atoms with Gasteiger partial charge in [0, 0.05) is 0 Å². The predicted octanol–water partition coefficient (Wildman–Crippen LogP) is 2.41. The molecule has 0 amide bonds. The minimum absolute atomic E-state index is 0.155. The largest absolute Gasteiger partial charge is 0.462 e. The third-order valence-corrected chi connectivity index (χ3v) is 2.64. The summed E-state index contributed by atoms with van der Waals surface area (Å²) in [5.74, 6) is -1.48. The number of benzene rings is 1. The van der Waals surface area contributed by atoms with Crippen molar-refractivity contribution in [2.75, 3.05) is 13.2 Å². The number of esters is 2. The van der Waals surface area contributed by atoms with Crippen LogP contribution in [0.2, 0.25) is 0 Å². The van der Waals surface area contributed by atoms with Gasteiger partial charge in [0.05, 0.1) is 13.2 Å². The first-order valence-corrected chi connectivity index (χ1v) is 6.90. The Balaban J connectivity index is 3.26. The molecular weight excluding hydrogens is 284 g/mol. The molecule has 22 heavy (non-hydrogen) atoms. The fourth-order valence-electron chi connectivity index (χ4n) is 1.71. The highest BCUT2D eigenvalue weighted by Gasteiger charge is 2.21. The van der Waals surface area contributed by atoms with Crippen LogP contribution >= 0.6 is 0 Å². The van der Waals surface area contributed by atoms with Crippen molar-refractivity contribution in [2.24, 2.45) is 0 Å². The summed E-state index contributed by atoms with van der Waals surface area (Å²) >= 11 is 0. The normalized spacial score (nSPS) is 10.1. The first kappa shape index (κ1) is 17.4. The number of carbonyl (C=O) groups is 3. The highest BCUT2D eigenvalue weighted by atomic mass is 16.6. The van der Waals surface area contributed by atoms with Gasteiger partial charge in [-0.2, -0.15) is 0 Å². The number of ether oxygens (including phenoxy) is 2. The lowest BCUT2D eigenvalue weighted by Gasteiger charge is -2.07. The van der Waals surface area contributed by atoms with Crippen molar-refractivity contribution in [1.82, 2.24) is 0 Å². The fraction of sp³-hybridized carbons (Fsp3) is 0.235. The van der Waals surface area contributed by atoms with E-state index < -0.39 is 11.9 Å². The molecule has 116 valence electrons. The Bertz CT molecular complexity index is 579. The molecule has 1 aromatic carbocycles. The fourth-order valence-corrected chi connectivity index (χ4v) is 1.71. The van der Waals surface area contributed by atoms with E-state index in [0.29, 0.717) is 17.4 Å². The molecule has 0 fully saturated rings. The zero-order valence-corrected chi connectivity index (χ0v) is 12.6. The molecule has 0 aromatic heterocycles. The van der Waals surface area contributed by atoms with E-state index in [1.165, 1.54) is 12.2 Å². The van der Waals surface area contributed by atoms with Crippen LogP contribution in [0.15, 0.2) is 35.9 Å². The van der Waals surface area contributed by atoms with Crippen LogP contribution in [0.5, 0.6) is 0 Å². The molecular formula is C17H18O5. The second kappa shape index (κ2) is 9.28. The van der Waals surface area contributed by atoms with E-state index in [4.69, 9.17) is 9.47 Å². The summed E-state index contributed by atoms with van der Waals surface area (Å²) in [4.78, 5) is 34.3. The van der Waals surface area contributed by atoms with E-state index in [0.717, 1.165) is 0 Å². The first-order chi connectivity index (χ1) is 10.6. The van der Waals surface area contributed by atoms with Gasteiger partial charge in [-0.1, -0.05) is 30.3 Å². The molecule has 0 heterocycles. The van der Waals surface area contributed by atoms with E-state index in [1.54, 1.807) is 44.2 Å². The molecule has 0 saturated heterocycles. The molecule has 1 rings (SSSR count). The van der Waals surface area contributed by atoms with Crippen LogP contribution in [0.4, 0.5) is 0 Å². The van der Waals surface area contributed by atoms with E-state index in [2.05, 4.69) is 0 Å². The van der Waals surface area contributed by atoms with Gasteiger partial charge in [0.15, 0.2) is 0 Å². The Morgan fingerprint density at radius 1 is 1.00 bits per heavy atom. The lowest BCUT2D eigenvalue weighted by Crippen LogP contribution is -2.18. The molecule has 0 radical (unpaired) electrons. The molecule has 0 spiro atoms. The zero-order valence-electron chi connectivity index (χ0n) is 12.6. The van der Waals surface area contributed by atoms with E-state index in [-0.39, 0.29) is 18.8 Å². The SMILES string of the molecule is CCOC(=O)C(=Cc1ccccc1/C=C/C=O)C(=O)OCC. The Morgan fingerprint density at radius 3 is 2.05 bits per heavy atom. The Hall–Kier alpha value is -2.69. The van der Waals surface area contributed by atoms with Crippen LogP contribution in [0, 0.1) is 0 Å². The van der Waals surface area contributed by atoms with E-state index in [1.807, 2.05) is 0 Å². The van der Waals surface area contributed by atoms with Gasteiger partial charge in [0.25, 0.3) is 0 Å². The maximum absolute atomic E-state index is 11.9. The van der Waals surface area contributed by atoms with Crippen molar-refractivity contribution < 1.29 is 23.9 Å². The van der Waals surface area contributed by atoms with Gasteiger partial charge in [-0.05, 0) is 37.1 Å². The van der Waals surface area contributed by atoms with Crippen LogP contribution in [0.25, 0.3) is 12.2 Å². The smallest absolute Gasteiger partial charge is 0.345 e. The third-order valence-electron chi connectivity index (χ3n) is 2.64. The lowest BCUT2D eigenvalue weighted by molar-refractivity contribution is -0.146. The monoisotopic (exact) mass is 302 g/mol. The Labute approximate surface area is 129 Å². The number of rotatable bonds is 7. The molecule has 0 aliphatic heterocycles. The molecule has 0 aliphatic carbocycles. The van der Waals surface area contributed by atoms with Gasteiger partial charge in [-0.3, -0.25) is 4.79 Å². The number of aldehydes is 1. The van der Waals surface area contributed by atoms with Gasteiger partial charge in [-0.25, -0.2) is 9.59 Å². The Kier molecular flexibility index (Phi) is 7.33. The van der Waals surface area contributed by atoms with Crippen molar-refractivity contribution in [3.8, 4) is 0 Å². The molecule has 5 heteroatoms. The Morgan fingerprint density at radius 2 is 1.55 bits per heavy atom. The van der Waals surface area contributed by atoms with Crippen LogP contribution in [-0.4, -0.2) is 31.4 Å². The van der Waals surface area contributed by atoms with Crippen molar-refractivity contribution in [3.63, 3.8) is 0 Å². The minimum atomic E-state index is -0.741. The molecule has 0 bridgehead atoms. The summed E-state index contributed by atoms with van der Waals surface area (Å²) in [6.07, 6.45) is 4.98. The van der Waals surface area contributed by atoms with Gasteiger partial charge >= 0.3 is 11.9 Å². The number of hydrogen-bond acceptors (Lipinski definition) is 5. The van der Waals surface area contributed by atoms with Gasteiger partial charge < -0.3 is 9.47 Å². The molecule has 0 N–H and O–H groups in total. The second-order valence-electron chi connectivity index (χ2n) is 4.12. The van der Waals surface area contributed by atoms with Crippen LogP contribution in [0.1, 0.15) is 25.0 Å². The predicted molar refractivity (Wildman–Crippen MR) is 82.8 cm³/mol. The maximum atomic E-state index is 11.9. The van der Waals surface area contributed by atoms with Crippen molar-refractivity contribution in [3.05, 3.63) is 47.0 Å². The molecule has 0 atom stereocenters. The highest BCUT2D eigenvalue weighted by Crippen LogP contribution is 2.16. The first-order valence-electron chi connectivity index (χ1n) is 6.90. The molecule has 5 nitrogen and oxygen atoms in total. The van der Waals surface area contributed by atoms with E-state index >= 15 is 0 Å². The summed E-state index contributed by atoms with van der Waals surface area (Å²) in [5.41, 5.74) is 1.12. The third kappa shape index (κ3) is 5.01. The average Bonchev–Trinajstić information content (AvgIpc) is 2.51. The second-order valence-corrected chi connectivity index (χ2v) is 4.12. The average molecular weight is 302 g/mol. The van der Waals surface area contributed by atoms with Crippen LogP contribution < -0.4 is 0 Å². The number of hydrogen-bond donors (Lipinski definition) is 0. The molecule has 0 saturated carbocycles. The number of allylic oxidation sites excluding steroid dienone is 1. The lowest BCUT2D eigenvalue weighted by atomic mass is 10.0. The van der Waals surface area contributed by atoms with Crippen LogP contribution in [0.3, 0.4) is 0 Å². The summed E-state index contributed by atoms with van der Waals surface area (Å²) in [6, 6.07) is 7.04. The van der Waals surface area contributed by atoms with Gasteiger partial charge in [0.1, 0.15) is 11.9 Å². The molecule has 0 unspecified atom stereocenters. The molecule has 1 aromatic rings. The summed E-state index contributed by atoms with van der Waals surface area (Å²) in [6.45, 7) is 3.62. The quantitative estimate of drug-likeness (QED) is 0.254. The van der Waals surface area contributed by atoms with Crippen molar-refractivity contribution >= 4 is 30.4 Å². The summed E-state index contributed by atoms with van der Waals surface area (Å²) < 4.78 is 9.76. The summed E-state index contributed by atoms with van der Waals surface area (Å²) in [7, 11) is 0. The highest BCUT2D eigenvalue weighted by molar-refractivity contribution is 6.17. The zero-order chi connectivity index (χ0) is 16.4. The van der Waals surface area contributed by atoms with Crippen LogP contribution in [-0.2, 0) is 23.9 Å². The van der Waals surface area contributed by atoms with Crippen molar-refractivity contribution in [2.45, 2.75) is 13.8 Å². The molecule has 0 aliphatic rings. The van der Waals surface area contributed by atoms with Gasteiger partial charge in [-0.15, -0.1) is 0 Å². The topological polar surface area (TPSA) is 69.7 Å². The van der Waals surface area contributed by atoms with E-state index in [9.17, 15) is 14.4 Å². The van der Waals surface area contributed by atoms with Gasteiger partial charge in [0.2, 0.25) is 0 Å². The number of carbonyl (C=O) groups excluding carboxylic acids is 3. The maximum Gasteiger partial charge on any atom is 0.345 e. The van der Waals surface area contributed by atoms with Crippen molar-refractivity contribution in [1.29, 1.82) is 0 Å². The minimum Gasteiger partial charge on any atom is -0.462 e. The standard InChI is InChI=1S/C17H18O5/c1-3-21-16(19)15(17(20)22-4-2)12-14-9-6-5-8-13(14)10-7-11-18/h5-12H,3-4H2,1-2H3/b10-7+.